The Bertz CT molecular complexity index is 299. The number of phenols is 1. The first-order chi connectivity index (χ1) is 6.63. The first-order valence-corrected chi connectivity index (χ1v) is 5.33. The molecule has 0 unspecified atom stereocenters. The lowest BCUT2D eigenvalue weighted by Crippen LogP contribution is -2.11. The van der Waals surface area contributed by atoms with Gasteiger partial charge in [-0.05, 0) is 37.9 Å². The molecule has 0 aromatic heterocycles. The van der Waals surface area contributed by atoms with Crippen LogP contribution < -0.4 is 0 Å². The number of phenolic OH excluding ortho intramolecular Hbond substituents is 1. The van der Waals surface area contributed by atoms with E-state index in [1.165, 1.54) is 5.56 Å². The summed E-state index contributed by atoms with van der Waals surface area (Å²) in [5, 5.41) is 9.61. The molecule has 2 nitrogen and oxygen atoms in total. The van der Waals surface area contributed by atoms with E-state index < -0.39 is 0 Å². The van der Waals surface area contributed by atoms with Gasteiger partial charge in [0.25, 0.3) is 0 Å². The fraction of sp³-hybridized carbons (Fsp3) is 0.455. The third kappa shape index (κ3) is 3.24. The Morgan fingerprint density at radius 1 is 1.36 bits per heavy atom. The Morgan fingerprint density at radius 3 is 2.64 bits per heavy atom. The summed E-state index contributed by atoms with van der Waals surface area (Å²) in [5.41, 5.74) is 2.21. The average molecular weight is 211 g/mol. The second-order valence-electron chi connectivity index (χ2n) is 3.67. The fourth-order valence-electron chi connectivity index (χ4n) is 1.39. The van der Waals surface area contributed by atoms with E-state index in [9.17, 15) is 5.11 Å². The van der Waals surface area contributed by atoms with Gasteiger partial charge in [0.05, 0.1) is 0 Å². The van der Waals surface area contributed by atoms with Gasteiger partial charge < -0.3 is 10.0 Å². The molecule has 0 aliphatic rings. The van der Waals surface area contributed by atoms with Crippen molar-refractivity contribution in [1.82, 2.24) is 4.90 Å². The van der Waals surface area contributed by atoms with E-state index in [4.69, 9.17) is 0 Å². The molecule has 0 fully saturated rings. The first kappa shape index (κ1) is 11.4. The topological polar surface area (TPSA) is 23.5 Å². The van der Waals surface area contributed by atoms with Crippen molar-refractivity contribution in [2.75, 3.05) is 19.8 Å². The average Bonchev–Trinajstić information content (AvgIpc) is 2.10. The Kier molecular flexibility index (Phi) is 4.29. The first-order valence-electron chi connectivity index (χ1n) is 4.70. The van der Waals surface area contributed by atoms with Gasteiger partial charge >= 0.3 is 0 Å². The number of hydrogen-bond acceptors (Lipinski definition) is 3. The summed E-state index contributed by atoms with van der Waals surface area (Å²) in [6, 6.07) is 5.76. The second kappa shape index (κ2) is 5.27. The minimum atomic E-state index is 0.376. The molecule has 3 heteroatoms. The highest BCUT2D eigenvalue weighted by atomic mass is 32.1. The molecule has 0 heterocycles. The molecule has 0 bridgehead atoms. The summed E-state index contributed by atoms with van der Waals surface area (Å²) in [7, 11) is 3.98. The van der Waals surface area contributed by atoms with E-state index >= 15 is 0 Å². The largest absolute Gasteiger partial charge is 0.508 e. The van der Waals surface area contributed by atoms with Gasteiger partial charge in [-0.1, -0.05) is 12.1 Å². The standard InChI is InChI=1S/C11H17NOS/c1-12(2)8-10-7-9(5-6-14)3-4-11(10)13/h3-4,7,13-14H,5-6,8H2,1-2H3. The summed E-state index contributed by atoms with van der Waals surface area (Å²) in [5.74, 6) is 1.22. The Balaban J connectivity index is 2.84. The molecule has 0 spiro atoms. The van der Waals surface area contributed by atoms with Crippen LogP contribution >= 0.6 is 12.6 Å². The molecule has 78 valence electrons. The molecule has 1 rings (SSSR count). The summed E-state index contributed by atoms with van der Waals surface area (Å²) in [6.45, 7) is 0.770. The van der Waals surface area contributed by atoms with Crippen LogP contribution in [0, 0.1) is 0 Å². The van der Waals surface area contributed by atoms with Crippen LogP contribution in [0.2, 0.25) is 0 Å². The molecule has 0 saturated heterocycles. The van der Waals surface area contributed by atoms with Crippen molar-refractivity contribution in [1.29, 1.82) is 0 Å². The van der Waals surface area contributed by atoms with Crippen LogP contribution in [-0.2, 0) is 13.0 Å². The maximum absolute atomic E-state index is 9.61. The van der Waals surface area contributed by atoms with Crippen LogP contribution in [0.15, 0.2) is 18.2 Å². The van der Waals surface area contributed by atoms with Crippen molar-refractivity contribution < 1.29 is 5.11 Å². The molecule has 0 atom stereocenters. The third-order valence-electron chi connectivity index (χ3n) is 2.03. The quantitative estimate of drug-likeness (QED) is 0.743. The van der Waals surface area contributed by atoms with Crippen molar-refractivity contribution in [3.05, 3.63) is 29.3 Å². The minimum absolute atomic E-state index is 0.376. The van der Waals surface area contributed by atoms with Gasteiger partial charge in [0.2, 0.25) is 0 Å². The number of thiol groups is 1. The molecule has 0 aliphatic carbocycles. The van der Waals surface area contributed by atoms with E-state index in [-0.39, 0.29) is 0 Å². The molecule has 0 aliphatic heterocycles. The molecule has 14 heavy (non-hydrogen) atoms. The van der Waals surface area contributed by atoms with E-state index in [1.54, 1.807) is 6.07 Å². The molecule has 0 saturated carbocycles. The maximum atomic E-state index is 9.61. The van der Waals surface area contributed by atoms with Gasteiger partial charge in [-0.2, -0.15) is 12.6 Å². The van der Waals surface area contributed by atoms with Crippen molar-refractivity contribution in [3.8, 4) is 5.75 Å². The lowest BCUT2D eigenvalue weighted by atomic mass is 10.1. The zero-order valence-corrected chi connectivity index (χ0v) is 9.59. The number of benzene rings is 1. The van der Waals surface area contributed by atoms with Crippen LogP contribution in [0.5, 0.6) is 5.75 Å². The highest BCUT2D eigenvalue weighted by Gasteiger charge is 2.03. The van der Waals surface area contributed by atoms with Crippen LogP contribution in [0.25, 0.3) is 0 Å². The fourth-order valence-corrected chi connectivity index (χ4v) is 1.65. The molecular weight excluding hydrogens is 194 g/mol. The van der Waals surface area contributed by atoms with Gasteiger partial charge in [0, 0.05) is 12.1 Å². The van der Waals surface area contributed by atoms with Crippen molar-refractivity contribution >= 4 is 12.6 Å². The summed E-state index contributed by atoms with van der Waals surface area (Å²) in [4.78, 5) is 2.04. The molecular formula is C11H17NOS. The molecule has 1 aromatic carbocycles. The molecule has 1 aromatic rings. The Morgan fingerprint density at radius 2 is 2.07 bits per heavy atom. The van der Waals surface area contributed by atoms with Crippen molar-refractivity contribution in [2.24, 2.45) is 0 Å². The highest BCUT2D eigenvalue weighted by molar-refractivity contribution is 7.80. The second-order valence-corrected chi connectivity index (χ2v) is 4.12. The van der Waals surface area contributed by atoms with Gasteiger partial charge in [-0.15, -0.1) is 0 Å². The summed E-state index contributed by atoms with van der Waals surface area (Å²) >= 11 is 4.19. The van der Waals surface area contributed by atoms with Crippen LogP contribution in [0.1, 0.15) is 11.1 Å². The molecule has 0 amide bonds. The van der Waals surface area contributed by atoms with Gasteiger partial charge in [0.15, 0.2) is 0 Å². The smallest absolute Gasteiger partial charge is 0.120 e. The van der Waals surface area contributed by atoms with E-state index in [1.807, 2.05) is 31.1 Å². The predicted molar refractivity (Wildman–Crippen MR) is 63.1 cm³/mol. The van der Waals surface area contributed by atoms with Gasteiger partial charge in [0.1, 0.15) is 5.75 Å². The van der Waals surface area contributed by atoms with Crippen molar-refractivity contribution in [2.45, 2.75) is 13.0 Å². The van der Waals surface area contributed by atoms with Crippen LogP contribution in [-0.4, -0.2) is 29.9 Å². The number of hydrogen-bond donors (Lipinski definition) is 2. The van der Waals surface area contributed by atoms with Crippen LogP contribution in [0.3, 0.4) is 0 Å². The van der Waals surface area contributed by atoms with E-state index in [2.05, 4.69) is 12.6 Å². The van der Waals surface area contributed by atoms with E-state index in [0.717, 1.165) is 24.3 Å². The number of nitrogens with zero attached hydrogens (tertiary/aromatic N) is 1. The zero-order chi connectivity index (χ0) is 10.6. The summed E-state index contributed by atoms with van der Waals surface area (Å²) in [6.07, 6.45) is 0.948. The monoisotopic (exact) mass is 211 g/mol. The number of aromatic hydroxyl groups is 1. The van der Waals surface area contributed by atoms with Gasteiger partial charge in [-0.3, -0.25) is 0 Å². The third-order valence-corrected chi connectivity index (χ3v) is 2.25. The molecule has 0 radical (unpaired) electrons. The maximum Gasteiger partial charge on any atom is 0.120 e. The summed E-state index contributed by atoms with van der Waals surface area (Å²) < 4.78 is 0. The normalized spacial score (nSPS) is 10.9. The van der Waals surface area contributed by atoms with E-state index in [0.29, 0.717) is 5.75 Å². The Labute approximate surface area is 91.0 Å². The van der Waals surface area contributed by atoms with Crippen LogP contribution in [0.4, 0.5) is 0 Å². The lowest BCUT2D eigenvalue weighted by molar-refractivity contribution is 0.385. The number of aryl methyl sites for hydroxylation is 1. The molecule has 1 N–H and O–H groups in total. The lowest BCUT2D eigenvalue weighted by Gasteiger charge is -2.12. The highest BCUT2D eigenvalue weighted by Crippen LogP contribution is 2.20. The zero-order valence-electron chi connectivity index (χ0n) is 8.70. The van der Waals surface area contributed by atoms with Crippen molar-refractivity contribution in [3.63, 3.8) is 0 Å². The van der Waals surface area contributed by atoms with Gasteiger partial charge in [-0.25, -0.2) is 0 Å². The number of rotatable bonds is 4. The predicted octanol–water partition coefficient (Wildman–Crippen LogP) is 1.93. The minimum Gasteiger partial charge on any atom is -0.508 e. The Hall–Kier alpha value is -0.670. The SMILES string of the molecule is CN(C)Cc1cc(CCS)ccc1O.